The van der Waals surface area contributed by atoms with Crippen molar-refractivity contribution < 1.29 is 4.79 Å². The molecule has 5 rings (SSSR count). The first-order valence-electron chi connectivity index (χ1n) is 12.3. The molecule has 1 fully saturated rings. The Labute approximate surface area is 189 Å². The molecule has 0 saturated carbocycles. The Balaban J connectivity index is 1.29. The zero-order valence-electron chi connectivity index (χ0n) is 19.3. The monoisotopic (exact) mass is 437 g/mol. The van der Waals surface area contributed by atoms with E-state index in [9.17, 15) is 9.59 Å². The minimum atomic E-state index is -0.0410. The number of piperidine rings is 1. The van der Waals surface area contributed by atoms with Crippen LogP contribution in [0.5, 0.6) is 0 Å². The smallest absolute Gasteiger partial charge is 0.276 e. The molecule has 172 valence electrons. The van der Waals surface area contributed by atoms with Gasteiger partial charge in [0.2, 0.25) is 5.91 Å². The van der Waals surface area contributed by atoms with E-state index < -0.39 is 0 Å². The molecule has 0 radical (unpaired) electrons. The first kappa shape index (κ1) is 21.4. The molecule has 3 aliphatic rings. The van der Waals surface area contributed by atoms with Crippen LogP contribution in [0.4, 0.5) is 0 Å². The van der Waals surface area contributed by atoms with Crippen LogP contribution < -0.4 is 5.56 Å². The molecular weight excluding hydrogens is 402 g/mol. The summed E-state index contributed by atoms with van der Waals surface area (Å²) in [6.07, 6.45) is 11.2. The summed E-state index contributed by atoms with van der Waals surface area (Å²) in [6.45, 7) is 8.31. The fourth-order valence-corrected chi connectivity index (χ4v) is 5.59. The third kappa shape index (κ3) is 4.15. The molecule has 0 spiro atoms. The van der Waals surface area contributed by atoms with Gasteiger partial charge in [-0.1, -0.05) is 26.0 Å². The third-order valence-corrected chi connectivity index (χ3v) is 7.51. The summed E-state index contributed by atoms with van der Waals surface area (Å²) < 4.78 is 1.62. The predicted octanol–water partition coefficient (Wildman–Crippen LogP) is 3.10. The summed E-state index contributed by atoms with van der Waals surface area (Å²) in [6, 6.07) is 2.05. The maximum atomic E-state index is 13.1. The van der Waals surface area contributed by atoms with Gasteiger partial charge in [-0.2, -0.15) is 0 Å². The number of hydrogen-bond donors (Lipinski definition) is 1. The summed E-state index contributed by atoms with van der Waals surface area (Å²) in [7, 11) is 0. The topological polar surface area (TPSA) is 73.7 Å². The second kappa shape index (κ2) is 8.85. The number of fused-ring (bicyclic) bond motifs is 2. The second-order valence-corrected chi connectivity index (χ2v) is 10.1. The van der Waals surface area contributed by atoms with E-state index in [1.807, 2.05) is 18.7 Å². The zero-order chi connectivity index (χ0) is 22.2. The molecule has 0 bridgehead atoms. The Morgan fingerprint density at radius 1 is 1.19 bits per heavy atom. The van der Waals surface area contributed by atoms with Gasteiger partial charge in [0, 0.05) is 42.2 Å². The summed E-state index contributed by atoms with van der Waals surface area (Å²) in [5.74, 6) is 1.33. The lowest BCUT2D eigenvalue weighted by Crippen LogP contribution is -2.41. The standard InChI is InChI=1S/C25H35N5O2/c1-17(2)24(31)29-13-10-20-22(16-29)26-23-14-21(27-30(23)25(20)32)19-8-11-28(12-9-19)15-18-6-4-3-5-7-18/h3-4,14,17-19,27H,5-13,15-16H2,1-2H3/t18-/m0/s1. The van der Waals surface area contributed by atoms with Crippen molar-refractivity contribution in [2.45, 2.75) is 64.8 Å². The number of carbonyl (C=O) groups is 1. The highest BCUT2D eigenvalue weighted by atomic mass is 16.2. The number of carbonyl (C=O) groups excluding carboxylic acids is 1. The number of amides is 1. The van der Waals surface area contributed by atoms with Gasteiger partial charge in [-0.25, -0.2) is 9.50 Å². The highest BCUT2D eigenvalue weighted by molar-refractivity contribution is 5.78. The number of hydrogen-bond acceptors (Lipinski definition) is 4. The SMILES string of the molecule is CC(C)C(=O)N1CCc2c(nc3cc(C4CCN(C[C@H]5CC=CCC5)CC4)[nH]n3c2=O)C1. The van der Waals surface area contributed by atoms with Crippen molar-refractivity contribution in [2.75, 3.05) is 26.2 Å². The summed E-state index contributed by atoms with van der Waals surface area (Å²) in [4.78, 5) is 34.8. The number of aromatic nitrogens is 3. The van der Waals surface area contributed by atoms with E-state index in [1.54, 1.807) is 4.52 Å². The van der Waals surface area contributed by atoms with Crippen LogP contribution in [-0.2, 0) is 17.8 Å². The van der Waals surface area contributed by atoms with Gasteiger partial charge in [-0.15, -0.1) is 0 Å². The van der Waals surface area contributed by atoms with E-state index in [0.29, 0.717) is 31.1 Å². The number of H-pyrrole nitrogens is 1. The molecule has 7 heteroatoms. The average molecular weight is 438 g/mol. The van der Waals surface area contributed by atoms with E-state index in [0.717, 1.165) is 48.8 Å². The van der Waals surface area contributed by atoms with Crippen LogP contribution in [0.25, 0.3) is 5.65 Å². The molecule has 2 aromatic rings. The summed E-state index contributed by atoms with van der Waals surface area (Å²) >= 11 is 0. The number of nitrogens with zero attached hydrogens (tertiary/aromatic N) is 4. The van der Waals surface area contributed by atoms with Crippen LogP contribution in [0.15, 0.2) is 23.0 Å². The van der Waals surface area contributed by atoms with Crippen LogP contribution in [0.2, 0.25) is 0 Å². The van der Waals surface area contributed by atoms with Gasteiger partial charge in [0.25, 0.3) is 5.56 Å². The van der Waals surface area contributed by atoms with Crippen molar-refractivity contribution in [1.29, 1.82) is 0 Å². The molecule has 0 aromatic carbocycles. The van der Waals surface area contributed by atoms with Gasteiger partial charge in [-0.3, -0.25) is 14.7 Å². The molecule has 4 heterocycles. The minimum Gasteiger partial charge on any atom is -0.336 e. The molecule has 7 nitrogen and oxygen atoms in total. The molecule has 1 atom stereocenters. The lowest BCUT2D eigenvalue weighted by molar-refractivity contribution is -0.135. The fraction of sp³-hybridized carbons (Fsp3) is 0.640. The number of nitrogens with one attached hydrogen (secondary N) is 1. The average Bonchev–Trinajstić information content (AvgIpc) is 3.24. The van der Waals surface area contributed by atoms with Crippen molar-refractivity contribution >= 4 is 11.6 Å². The van der Waals surface area contributed by atoms with Crippen LogP contribution in [0.1, 0.15) is 68.8 Å². The first-order valence-corrected chi connectivity index (χ1v) is 12.3. The number of allylic oxidation sites excluding steroid dienone is 2. The van der Waals surface area contributed by atoms with Crippen molar-refractivity contribution in [3.63, 3.8) is 0 Å². The Hall–Kier alpha value is -2.41. The van der Waals surface area contributed by atoms with E-state index in [2.05, 4.69) is 28.2 Å². The fourth-order valence-electron chi connectivity index (χ4n) is 5.59. The molecule has 2 aromatic heterocycles. The Bertz CT molecular complexity index is 1070. The van der Waals surface area contributed by atoms with Gasteiger partial charge in [0.1, 0.15) is 0 Å². The van der Waals surface area contributed by atoms with Gasteiger partial charge >= 0.3 is 0 Å². The van der Waals surface area contributed by atoms with Crippen LogP contribution in [0.3, 0.4) is 0 Å². The van der Waals surface area contributed by atoms with Crippen molar-refractivity contribution in [2.24, 2.45) is 11.8 Å². The summed E-state index contributed by atoms with van der Waals surface area (Å²) in [5.41, 5.74) is 3.30. The lowest BCUT2D eigenvalue weighted by atomic mass is 9.90. The first-order chi connectivity index (χ1) is 15.5. The number of aromatic amines is 1. The second-order valence-electron chi connectivity index (χ2n) is 10.1. The Morgan fingerprint density at radius 3 is 2.72 bits per heavy atom. The largest absolute Gasteiger partial charge is 0.336 e. The molecule has 1 amide bonds. The van der Waals surface area contributed by atoms with Gasteiger partial charge in [0.15, 0.2) is 5.65 Å². The van der Waals surface area contributed by atoms with Crippen LogP contribution >= 0.6 is 0 Å². The lowest BCUT2D eigenvalue weighted by Gasteiger charge is -2.34. The molecular formula is C25H35N5O2. The number of rotatable bonds is 4. The van der Waals surface area contributed by atoms with Crippen molar-refractivity contribution in [1.82, 2.24) is 24.4 Å². The van der Waals surface area contributed by atoms with Crippen LogP contribution in [-0.4, -0.2) is 56.5 Å². The third-order valence-electron chi connectivity index (χ3n) is 7.51. The molecule has 1 aliphatic carbocycles. The number of likely N-dealkylation sites (tertiary alicyclic amines) is 1. The predicted molar refractivity (Wildman–Crippen MR) is 125 cm³/mol. The van der Waals surface area contributed by atoms with E-state index in [1.165, 1.54) is 25.8 Å². The molecule has 1 N–H and O–H groups in total. The van der Waals surface area contributed by atoms with Crippen molar-refractivity contribution in [3.8, 4) is 0 Å². The quantitative estimate of drug-likeness (QED) is 0.746. The van der Waals surface area contributed by atoms with Gasteiger partial charge < -0.3 is 9.80 Å². The van der Waals surface area contributed by atoms with E-state index in [-0.39, 0.29) is 17.4 Å². The maximum absolute atomic E-state index is 13.1. The highest BCUT2D eigenvalue weighted by Crippen LogP contribution is 2.29. The molecule has 1 saturated heterocycles. The minimum absolute atomic E-state index is 0.00400. The van der Waals surface area contributed by atoms with Crippen molar-refractivity contribution in [3.05, 3.63) is 45.5 Å². The van der Waals surface area contributed by atoms with Gasteiger partial charge in [0.05, 0.1) is 12.2 Å². The van der Waals surface area contributed by atoms with E-state index in [4.69, 9.17) is 4.98 Å². The highest BCUT2D eigenvalue weighted by Gasteiger charge is 2.28. The summed E-state index contributed by atoms with van der Waals surface area (Å²) in [5, 5.41) is 3.37. The van der Waals surface area contributed by atoms with Crippen LogP contribution in [0, 0.1) is 11.8 Å². The molecule has 32 heavy (non-hydrogen) atoms. The Kier molecular flexibility index (Phi) is 5.93. The normalized spacial score (nSPS) is 22.6. The maximum Gasteiger partial charge on any atom is 0.276 e. The Morgan fingerprint density at radius 2 is 2.00 bits per heavy atom. The van der Waals surface area contributed by atoms with E-state index >= 15 is 0 Å². The molecule has 2 aliphatic heterocycles. The van der Waals surface area contributed by atoms with Gasteiger partial charge in [-0.05, 0) is 57.5 Å². The zero-order valence-corrected chi connectivity index (χ0v) is 19.3. The molecule has 0 unspecified atom stereocenters.